The Morgan fingerprint density at radius 1 is 1.12 bits per heavy atom. The predicted octanol–water partition coefficient (Wildman–Crippen LogP) is -1.63. The maximum atomic E-state index is 12.2. The molecule has 1 aromatic carbocycles. The van der Waals surface area contributed by atoms with Crippen LogP contribution in [0.3, 0.4) is 0 Å². The maximum Gasteiger partial charge on any atom is 0.340 e. The molecule has 2 rings (SSSR count). The molecule has 1 aliphatic rings. The van der Waals surface area contributed by atoms with Crippen molar-refractivity contribution in [2.24, 2.45) is 0 Å². The van der Waals surface area contributed by atoms with Gasteiger partial charge in [-0.3, -0.25) is 0 Å². The zero-order chi connectivity index (χ0) is 18.7. The molecule has 0 spiro atoms. The number of aromatic hydroxyl groups is 1. The molecular weight excluding hydrogens is 340 g/mol. The number of hydrogen-bond acceptors (Lipinski definition) is 10. The third-order valence-electron chi connectivity index (χ3n) is 3.77. The minimum absolute atomic E-state index is 0.0203. The van der Waals surface area contributed by atoms with Crippen LogP contribution in [-0.2, 0) is 9.47 Å². The van der Waals surface area contributed by atoms with Gasteiger partial charge in [0.25, 0.3) is 0 Å². The van der Waals surface area contributed by atoms with E-state index < -0.39 is 43.3 Å². The molecule has 0 bridgehead atoms. The first-order valence-electron chi connectivity index (χ1n) is 7.30. The fraction of sp³-hybridized carbons (Fsp3) is 0.533. The second-order valence-corrected chi connectivity index (χ2v) is 5.33. The molecule has 5 atom stereocenters. The van der Waals surface area contributed by atoms with Crippen molar-refractivity contribution in [2.45, 2.75) is 30.7 Å². The van der Waals surface area contributed by atoms with Crippen molar-refractivity contribution >= 4 is 5.97 Å². The summed E-state index contributed by atoms with van der Waals surface area (Å²) >= 11 is 0. The number of rotatable bonds is 5. The number of carbonyl (C=O) groups excluding carboxylic acids is 1. The zero-order valence-electron chi connectivity index (χ0n) is 13.5. The van der Waals surface area contributed by atoms with Crippen molar-refractivity contribution in [2.75, 3.05) is 20.8 Å². The first-order chi connectivity index (χ1) is 11.8. The Balaban J connectivity index is 2.20. The average Bonchev–Trinajstić information content (AvgIpc) is 2.61. The summed E-state index contributed by atoms with van der Waals surface area (Å²) in [6.07, 6.45) is -7.81. The van der Waals surface area contributed by atoms with Gasteiger partial charge in [-0.05, 0) is 12.1 Å². The summed E-state index contributed by atoms with van der Waals surface area (Å²) in [5, 5.41) is 48.2. The van der Waals surface area contributed by atoms with Crippen molar-refractivity contribution in [1.29, 1.82) is 0 Å². The van der Waals surface area contributed by atoms with Gasteiger partial charge >= 0.3 is 5.97 Å². The SMILES string of the molecule is COc1cc(C(=O)O[C@H]2O[C@@H](CO)[C@@H](O)[C@@H](O)[C@H]2O)cc(O)c1OC. The molecule has 0 amide bonds. The van der Waals surface area contributed by atoms with E-state index in [1.165, 1.54) is 20.3 Å². The minimum Gasteiger partial charge on any atom is -0.504 e. The van der Waals surface area contributed by atoms with Crippen LogP contribution in [0.4, 0.5) is 0 Å². The van der Waals surface area contributed by atoms with Gasteiger partial charge in [0.1, 0.15) is 24.4 Å². The number of carbonyl (C=O) groups is 1. The number of hydrogen-bond donors (Lipinski definition) is 5. The van der Waals surface area contributed by atoms with Crippen molar-refractivity contribution in [3.05, 3.63) is 17.7 Å². The molecule has 10 nitrogen and oxygen atoms in total. The second-order valence-electron chi connectivity index (χ2n) is 5.33. The first-order valence-corrected chi connectivity index (χ1v) is 7.30. The first kappa shape index (κ1) is 19.2. The van der Waals surface area contributed by atoms with Gasteiger partial charge in [0.05, 0.1) is 26.4 Å². The Bertz CT molecular complexity index is 617. The standard InChI is InChI=1S/C15H20O10/c1-22-8-4-6(3-7(17)13(8)23-2)14(21)25-15-12(20)11(19)10(18)9(5-16)24-15/h3-4,9-12,15-20H,5H2,1-2H3/t9-,10+,11+,12+,15+/m0/s1. The summed E-state index contributed by atoms with van der Waals surface area (Å²) in [5.74, 6) is -1.28. The van der Waals surface area contributed by atoms with E-state index in [4.69, 9.17) is 24.1 Å². The molecule has 0 aromatic heterocycles. The Kier molecular flexibility index (Phi) is 6.03. The monoisotopic (exact) mass is 360 g/mol. The van der Waals surface area contributed by atoms with Crippen LogP contribution in [-0.4, -0.2) is 83.0 Å². The molecule has 1 fully saturated rings. The lowest BCUT2D eigenvalue weighted by Crippen LogP contribution is -2.59. The molecule has 10 heteroatoms. The summed E-state index contributed by atoms with van der Waals surface area (Å²) in [4.78, 5) is 12.2. The van der Waals surface area contributed by atoms with Crippen LogP contribution in [0.2, 0.25) is 0 Å². The molecule has 25 heavy (non-hydrogen) atoms. The van der Waals surface area contributed by atoms with Crippen LogP contribution in [0, 0.1) is 0 Å². The number of phenols is 1. The average molecular weight is 360 g/mol. The van der Waals surface area contributed by atoms with Gasteiger partial charge in [-0.15, -0.1) is 0 Å². The van der Waals surface area contributed by atoms with Crippen molar-refractivity contribution in [1.82, 2.24) is 0 Å². The molecule has 5 N–H and O–H groups in total. The number of benzene rings is 1. The van der Waals surface area contributed by atoms with Crippen LogP contribution in [0.25, 0.3) is 0 Å². The predicted molar refractivity (Wildman–Crippen MR) is 80.4 cm³/mol. The molecule has 0 radical (unpaired) electrons. The molecule has 0 saturated carbocycles. The molecule has 1 aromatic rings. The van der Waals surface area contributed by atoms with Crippen LogP contribution in [0.5, 0.6) is 17.2 Å². The summed E-state index contributed by atoms with van der Waals surface area (Å²) in [6, 6.07) is 2.30. The quantitative estimate of drug-likeness (QED) is 0.386. The van der Waals surface area contributed by atoms with Crippen molar-refractivity contribution in [3.8, 4) is 17.2 Å². The van der Waals surface area contributed by atoms with Crippen LogP contribution in [0.1, 0.15) is 10.4 Å². The van der Waals surface area contributed by atoms with E-state index in [1.54, 1.807) is 0 Å². The third kappa shape index (κ3) is 3.78. The highest BCUT2D eigenvalue weighted by Gasteiger charge is 2.45. The lowest BCUT2D eigenvalue weighted by atomic mass is 9.99. The molecule has 0 aliphatic carbocycles. The van der Waals surface area contributed by atoms with E-state index in [0.29, 0.717) is 0 Å². The number of aliphatic hydroxyl groups excluding tert-OH is 4. The van der Waals surface area contributed by atoms with E-state index in [1.807, 2.05) is 0 Å². The fourth-order valence-electron chi connectivity index (χ4n) is 2.40. The Labute approximate surface area is 142 Å². The smallest absolute Gasteiger partial charge is 0.340 e. The van der Waals surface area contributed by atoms with Crippen molar-refractivity contribution < 1.29 is 49.3 Å². The Hall–Kier alpha value is -2.11. The van der Waals surface area contributed by atoms with Crippen molar-refractivity contribution in [3.63, 3.8) is 0 Å². The second kappa shape index (κ2) is 7.85. The number of aliphatic hydroxyl groups is 4. The molecule has 1 saturated heterocycles. The van der Waals surface area contributed by atoms with Crippen LogP contribution in [0.15, 0.2) is 12.1 Å². The lowest BCUT2D eigenvalue weighted by molar-refractivity contribution is -0.285. The molecular formula is C15H20O10. The summed E-state index contributed by atoms with van der Waals surface area (Å²) in [7, 11) is 2.62. The van der Waals surface area contributed by atoms with Gasteiger partial charge in [-0.2, -0.15) is 0 Å². The van der Waals surface area contributed by atoms with Gasteiger partial charge in [0.15, 0.2) is 11.5 Å². The maximum absolute atomic E-state index is 12.2. The van der Waals surface area contributed by atoms with E-state index in [2.05, 4.69) is 0 Å². The molecule has 0 unspecified atom stereocenters. The van der Waals surface area contributed by atoms with Gasteiger partial charge in [0.2, 0.25) is 12.0 Å². The molecule has 140 valence electrons. The van der Waals surface area contributed by atoms with Crippen LogP contribution < -0.4 is 9.47 Å². The molecule has 1 heterocycles. The Morgan fingerprint density at radius 2 is 1.80 bits per heavy atom. The summed E-state index contributed by atoms with van der Waals surface area (Å²) < 4.78 is 20.0. The van der Waals surface area contributed by atoms with Gasteiger partial charge in [-0.1, -0.05) is 0 Å². The number of ether oxygens (including phenoxy) is 4. The molecule has 1 aliphatic heterocycles. The van der Waals surface area contributed by atoms with Gasteiger partial charge < -0.3 is 44.5 Å². The normalized spacial score (nSPS) is 29.1. The van der Waals surface area contributed by atoms with E-state index in [0.717, 1.165) is 6.07 Å². The number of phenolic OH excluding ortho intramolecular Hbond substituents is 1. The third-order valence-corrected chi connectivity index (χ3v) is 3.77. The highest BCUT2D eigenvalue weighted by atomic mass is 16.7. The zero-order valence-corrected chi connectivity index (χ0v) is 13.5. The highest BCUT2D eigenvalue weighted by molar-refractivity contribution is 5.91. The summed E-state index contributed by atoms with van der Waals surface area (Å²) in [5.41, 5.74) is -0.132. The van der Waals surface area contributed by atoms with Gasteiger partial charge in [0, 0.05) is 0 Å². The topological polar surface area (TPSA) is 155 Å². The lowest BCUT2D eigenvalue weighted by Gasteiger charge is -2.39. The minimum atomic E-state index is -1.73. The van der Waals surface area contributed by atoms with Crippen LogP contribution >= 0.6 is 0 Å². The Morgan fingerprint density at radius 3 is 2.36 bits per heavy atom. The largest absolute Gasteiger partial charge is 0.504 e. The van der Waals surface area contributed by atoms with E-state index in [9.17, 15) is 25.2 Å². The van der Waals surface area contributed by atoms with Gasteiger partial charge in [-0.25, -0.2) is 4.79 Å². The van der Waals surface area contributed by atoms with E-state index >= 15 is 0 Å². The fourth-order valence-corrected chi connectivity index (χ4v) is 2.40. The summed E-state index contributed by atoms with van der Waals surface area (Å²) in [6.45, 7) is -0.657. The highest BCUT2D eigenvalue weighted by Crippen LogP contribution is 2.37. The van der Waals surface area contributed by atoms with E-state index in [-0.39, 0.29) is 22.8 Å². The number of methoxy groups -OCH3 is 2. The number of esters is 1.